The van der Waals surface area contributed by atoms with Gasteiger partial charge in [0.25, 0.3) is 0 Å². The summed E-state index contributed by atoms with van der Waals surface area (Å²) >= 11 is 6.12. The van der Waals surface area contributed by atoms with Crippen LogP contribution in [0.3, 0.4) is 0 Å². The molecule has 2 aliphatic heterocycles. The van der Waals surface area contributed by atoms with E-state index in [4.69, 9.17) is 16.3 Å². The van der Waals surface area contributed by atoms with E-state index < -0.39 is 0 Å². The third-order valence-electron chi connectivity index (χ3n) is 4.21. The second-order valence-electron chi connectivity index (χ2n) is 5.76. The Morgan fingerprint density at radius 1 is 1.45 bits per heavy atom. The molecule has 0 aliphatic carbocycles. The Hall–Kier alpha value is -1.06. The van der Waals surface area contributed by atoms with Crippen molar-refractivity contribution in [2.24, 2.45) is 5.92 Å². The SMILES string of the molecule is O=C(CCC1CCNC1)Cc1cc(Cl)cc2c1OCC2. The maximum atomic E-state index is 12.2. The highest BCUT2D eigenvalue weighted by atomic mass is 35.5. The first kappa shape index (κ1) is 13.9. The summed E-state index contributed by atoms with van der Waals surface area (Å²) < 4.78 is 5.64. The molecule has 0 radical (unpaired) electrons. The van der Waals surface area contributed by atoms with E-state index in [1.165, 1.54) is 6.42 Å². The molecule has 0 aromatic heterocycles. The van der Waals surface area contributed by atoms with Crippen LogP contribution in [0.1, 0.15) is 30.4 Å². The van der Waals surface area contributed by atoms with Gasteiger partial charge in [0.1, 0.15) is 11.5 Å². The topological polar surface area (TPSA) is 38.3 Å². The molecule has 2 heterocycles. The average molecular weight is 294 g/mol. The lowest BCUT2D eigenvalue weighted by Gasteiger charge is -2.10. The molecule has 1 atom stereocenters. The molecule has 4 heteroatoms. The highest BCUT2D eigenvalue weighted by molar-refractivity contribution is 6.30. The molecule has 1 saturated heterocycles. The quantitative estimate of drug-likeness (QED) is 0.907. The van der Waals surface area contributed by atoms with Crippen LogP contribution in [0.2, 0.25) is 5.02 Å². The van der Waals surface area contributed by atoms with E-state index in [1.807, 2.05) is 12.1 Å². The lowest BCUT2D eigenvalue weighted by atomic mass is 9.97. The van der Waals surface area contributed by atoms with Gasteiger partial charge >= 0.3 is 0 Å². The van der Waals surface area contributed by atoms with Crippen LogP contribution in [-0.4, -0.2) is 25.5 Å². The van der Waals surface area contributed by atoms with E-state index in [2.05, 4.69) is 5.32 Å². The van der Waals surface area contributed by atoms with Crippen molar-refractivity contribution in [3.8, 4) is 5.75 Å². The number of halogens is 1. The number of benzene rings is 1. The largest absolute Gasteiger partial charge is 0.493 e. The third kappa shape index (κ3) is 3.15. The molecular weight excluding hydrogens is 274 g/mol. The zero-order chi connectivity index (χ0) is 13.9. The molecule has 20 heavy (non-hydrogen) atoms. The molecule has 3 rings (SSSR count). The van der Waals surface area contributed by atoms with Crippen LogP contribution in [0.4, 0.5) is 0 Å². The Balaban J connectivity index is 1.61. The fraction of sp³-hybridized carbons (Fsp3) is 0.562. The summed E-state index contributed by atoms with van der Waals surface area (Å²) in [5.74, 6) is 1.85. The van der Waals surface area contributed by atoms with Gasteiger partial charge in [-0.15, -0.1) is 0 Å². The maximum Gasteiger partial charge on any atom is 0.137 e. The zero-order valence-electron chi connectivity index (χ0n) is 11.6. The van der Waals surface area contributed by atoms with Crippen molar-refractivity contribution in [2.75, 3.05) is 19.7 Å². The van der Waals surface area contributed by atoms with Crippen molar-refractivity contribution >= 4 is 17.4 Å². The van der Waals surface area contributed by atoms with Crippen molar-refractivity contribution in [1.82, 2.24) is 5.32 Å². The summed E-state index contributed by atoms with van der Waals surface area (Å²) in [6.07, 6.45) is 4.19. The monoisotopic (exact) mass is 293 g/mol. The van der Waals surface area contributed by atoms with E-state index in [-0.39, 0.29) is 5.78 Å². The van der Waals surface area contributed by atoms with Gasteiger partial charge in [-0.05, 0) is 49.5 Å². The van der Waals surface area contributed by atoms with Gasteiger partial charge in [-0.25, -0.2) is 0 Å². The normalized spacial score (nSPS) is 20.8. The maximum absolute atomic E-state index is 12.2. The highest BCUT2D eigenvalue weighted by Crippen LogP contribution is 2.33. The van der Waals surface area contributed by atoms with Gasteiger partial charge in [-0.3, -0.25) is 4.79 Å². The molecule has 1 aromatic rings. The minimum atomic E-state index is 0.289. The van der Waals surface area contributed by atoms with E-state index in [1.54, 1.807) is 0 Å². The minimum Gasteiger partial charge on any atom is -0.493 e. The number of hydrogen-bond acceptors (Lipinski definition) is 3. The Labute approximate surface area is 124 Å². The van der Waals surface area contributed by atoms with Crippen LogP contribution >= 0.6 is 11.6 Å². The smallest absolute Gasteiger partial charge is 0.137 e. The van der Waals surface area contributed by atoms with Gasteiger partial charge in [0, 0.05) is 29.8 Å². The van der Waals surface area contributed by atoms with Crippen molar-refractivity contribution in [2.45, 2.75) is 32.1 Å². The lowest BCUT2D eigenvalue weighted by molar-refractivity contribution is -0.118. The first-order valence-corrected chi connectivity index (χ1v) is 7.76. The predicted octanol–water partition coefficient (Wildman–Crippen LogP) is 2.78. The first-order chi connectivity index (χ1) is 9.72. The predicted molar refractivity (Wildman–Crippen MR) is 79.6 cm³/mol. The molecule has 108 valence electrons. The summed E-state index contributed by atoms with van der Waals surface area (Å²) in [5, 5.41) is 4.04. The Morgan fingerprint density at radius 2 is 2.35 bits per heavy atom. The number of nitrogens with one attached hydrogen (secondary N) is 1. The van der Waals surface area contributed by atoms with E-state index >= 15 is 0 Å². The number of Topliss-reactive ketones (excluding diaryl/α,β-unsaturated/α-hetero) is 1. The average Bonchev–Trinajstić information content (AvgIpc) is 3.06. The Bertz CT molecular complexity index is 509. The number of hydrogen-bond donors (Lipinski definition) is 1. The highest BCUT2D eigenvalue weighted by Gasteiger charge is 2.20. The van der Waals surface area contributed by atoms with Gasteiger partial charge in [0.05, 0.1) is 6.61 Å². The van der Waals surface area contributed by atoms with Crippen LogP contribution in [0.25, 0.3) is 0 Å². The van der Waals surface area contributed by atoms with Gasteiger partial charge in [0.2, 0.25) is 0 Å². The number of rotatable bonds is 5. The molecule has 1 N–H and O–H groups in total. The standard InChI is InChI=1S/C16H20ClNO2/c17-14-7-12-4-6-20-16(12)13(8-14)9-15(19)2-1-11-3-5-18-10-11/h7-8,11,18H,1-6,9-10H2. The summed E-state index contributed by atoms with van der Waals surface area (Å²) in [5.41, 5.74) is 2.10. The van der Waals surface area contributed by atoms with Crippen molar-refractivity contribution in [3.05, 3.63) is 28.3 Å². The molecular formula is C16H20ClNO2. The van der Waals surface area contributed by atoms with E-state index in [0.29, 0.717) is 30.4 Å². The minimum absolute atomic E-state index is 0.289. The van der Waals surface area contributed by atoms with E-state index in [9.17, 15) is 4.79 Å². The molecule has 1 aromatic carbocycles. The number of carbonyl (C=O) groups is 1. The van der Waals surface area contributed by atoms with Crippen LogP contribution < -0.4 is 10.1 Å². The molecule has 1 unspecified atom stereocenters. The molecule has 3 nitrogen and oxygen atoms in total. The summed E-state index contributed by atoms with van der Waals surface area (Å²) in [7, 11) is 0. The van der Waals surface area contributed by atoms with Crippen LogP contribution in [0.15, 0.2) is 12.1 Å². The second kappa shape index (κ2) is 6.15. The van der Waals surface area contributed by atoms with Gasteiger partial charge in [0.15, 0.2) is 0 Å². The Kier molecular flexibility index (Phi) is 4.27. The summed E-state index contributed by atoms with van der Waals surface area (Å²) in [4.78, 5) is 12.2. The third-order valence-corrected chi connectivity index (χ3v) is 4.42. The Morgan fingerprint density at radius 3 is 3.15 bits per heavy atom. The summed E-state index contributed by atoms with van der Waals surface area (Å²) in [6.45, 7) is 2.85. The molecule has 0 amide bonds. The van der Waals surface area contributed by atoms with Gasteiger partial charge in [-0.1, -0.05) is 11.6 Å². The van der Waals surface area contributed by atoms with Crippen molar-refractivity contribution in [1.29, 1.82) is 0 Å². The van der Waals surface area contributed by atoms with Crippen molar-refractivity contribution in [3.63, 3.8) is 0 Å². The van der Waals surface area contributed by atoms with Crippen LogP contribution in [0, 0.1) is 5.92 Å². The molecule has 1 fully saturated rings. The van der Waals surface area contributed by atoms with Crippen LogP contribution in [-0.2, 0) is 17.6 Å². The summed E-state index contributed by atoms with van der Waals surface area (Å²) in [6, 6.07) is 3.82. The number of carbonyl (C=O) groups excluding carboxylic acids is 1. The van der Waals surface area contributed by atoms with Crippen LogP contribution in [0.5, 0.6) is 5.75 Å². The first-order valence-electron chi connectivity index (χ1n) is 7.39. The molecule has 0 spiro atoms. The fourth-order valence-corrected chi connectivity index (χ4v) is 3.37. The number of ether oxygens (including phenoxy) is 1. The fourth-order valence-electron chi connectivity index (χ4n) is 3.10. The van der Waals surface area contributed by atoms with Gasteiger partial charge in [-0.2, -0.15) is 0 Å². The number of fused-ring (bicyclic) bond motifs is 1. The zero-order valence-corrected chi connectivity index (χ0v) is 12.3. The number of ketones is 1. The molecule has 0 saturated carbocycles. The molecule has 0 bridgehead atoms. The van der Waals surface area contributed by atoms with Crippen molar-refractivity contribution < 1.29 is 9.53 Å². The van der Waals surface area contributed by atoms with Gasteiger partial charge < -0.3 is 10.1 Å². The lowest BCUT2D eigenvalue weighted by Crippen LogP contribution is -2.11. The second-order valence-corrected chi connectivity index (χ2v) is 6.20. The molecule has 2 aliphatic rings. The van der Waals surface area contributed by atoms with E-state index in [0.717, 1.165) is 42.8 Å².